The van der Waals surface area contributed by atoms with E-state index in [-0.39, 0.29) is 29.9 Å². The number of rotatable bonds is 5. The SMILES string of the molecule is Cn1c(-c2ccc(OC(F)(F)F)cc2O)nnc(N2CC[C@H]3CCN(CCO)C[C@H]32)c1=O. The molecule has 2 N–H and O–H groups in total. The fourth-order valence-corrected chi connectivity index (χ4v) is 4.58. The van der Waals surface area contributed by atoms with E-state index >= 15 is 0 Å². The summed E-state index contributed by atoms with van der Waals surface area (Å²) in [6.45, 7) is 2.95. The molecule has 2 aromatic rings. The monoisotopic (exact) mass is 455 g/mol. The lowest BCUT2D eigenvalue weighted by molar-refractivity contribution is -0.274. The molecule has 2 fully saturated rings. The van der Waals surface area contributed by atoms with Gasteiger partial charge in [-0.25, -0.2) is 0 Å². The predicted octanol–water partition coefficient (Wildman–Crippen LogP) is 1.34. The summed E-state index contributed by atoms with van der Waals surface area (Å²) in [4.78, 5) is 17.2. The average molecular weight is 455 g/mol. The van der Waals surface area contributed by atoms with Crippen molar-refractivity contribution in [3.63, 3.8) is 0 Å². The van der Waals surface area contributed by atoms with Crippen LogP contribution in [-0.4, -0.2) is 75.1 Å². The number of β-amino-alcohol motifs (C(OH)–C–C–N with tert-alkyl or cyclic N) is 1. The van der Waals surface area contributed by atoms with Gasteiger partial charge < -0.3 is 19.8 Å². The number of anilines is 1. The van der Waals surface area contributed by atoms with Gasteiger partial charge in [0.15, 0.2) is 5.82 Å². The molecule has 2 saturated heterocycles. The molecule has 1 aromatic heterocycles. The summed E-state index contributed by atoms with van der Waals surface area (Å²) in [5, 5.41) is 27.7. The van der Waals surface area contributed by atoms with Crippen LogP contribution >= 0.6 is 0 Å². The Balaban J connectivity index is 1.61. The lowest BCUT2D eigenvalue weighted by Gasteiger charge is -2.38. The summed E-state index contributed by atoms with van der Waals surface area (Å²) in [5.41, 5.74) is -0.353. The van der Waals surface area contributed by atoms with Gasteiger partial charge in [-0.15, -0.1) is 23.4 Å². The van der Waals surface area contributed by atoms with Crippen molar-refractivity contribution in [2.45, 2.75) is 25.2 Å². The number of phenolic OH excluding ortho intramolecular Hbond substituents is 1. The standard InChI is InChI=1S/C20H24F3N5O4/c1-26-17(14-3-2-13(10-16(14)30)32-20(21,22)23)24-25-18(19(26)31)28-7-5-12-4-6-27(8-9-29)11-15(12)28/h2-3,10,12,15,29-30H,4-9,11H2,1H3/t12-,15-/m1/s1. The van der Waals surface area contributed by atoms with Gasteiger partial charge in [-0.3, -0.25) is 14.3 Å². The van der Waals surface area contributed by atoms with Crippen LogP contribution in [0.5, 0.6) is 11.5 Å². The molecule has 3 heterocycles. The number of piperidine rings is 1. The number of alkyl halides is 3. The Morgan fingerprint density at radius 1 is 1.22 bits per heavy atom. The Hall–Kier alpha value is -2.86. The van der Waals surface area contributed by atoms with Crippen molar-refractivity contribution in [1.29, 1.82) is 0 Å². The molecule has 174 valence electrons. The van der Waals surface area contributed by atoms with Crippen molar-refractivity contribution < 1.29 is 28.1 Å². The van der Waals surface area contributed by atoms with Crippen molar-refractivity contribution in [3.8, 4) is 22.9 Å². The van der Waals surface area contributed by atoms with Gasteiger partial charge in [-0.1, -0.05) is 0 Å². The Morgan fingerprint density at radius 3 is 2.66 bits per heavy atom. The van der Waals surface area contributed by atoms with Gasteiger partial charge >= 0.3 is 6.36 Å². The van der Waals surface area contributed by atoms with Crippen LogP contribution in [0.15, 0.2) is 23.0 Å². The van der Waals surface area contributed by atoms with Gasteiger partial charge in [-0.2, -0.15) is 0 Å². The second kappa shape index (κ2) is 8.58. The number of hydrogen-bond acceptors (Lipinski definition) is 8. The molecule has 0 bridgehead atoms. The number of hydrogen-bond donors (Lipinski definition) is 2. The molecule has 0 aliphatic carbocycles. The molecule has 1 aromatic carbocycles. The van der Waals surface area contributed by atoms with Crippen LogP contribution in [0, 0.1) is 5.92 Å². The van der Waals surface area contributed by atoms with Crippen LogP contribution in [0.25, 0.3) is 11.4 Å². The topological polar surface area (TPSA) is 104 Å². The summed E-state index contributed by atoms with van der Waals surface area (Å²) in [6.07, 6.45) is -2.97. The number of ether oxygens (including phenoxy) is 1. The Kier molecular flexibility index (Phi) is 5.99. The van der Waals surface area contributed by atoms with Gasteiger partial charge in [-0.05, 0) is 37.4 Å². The number of aliphatic hydroxyl groups is 1. The molecule has 0 amide bonds. The molecule has 2 aliphatic rings. The second-order valence-electron chi connectivity index (χ2n) is 8.06. The summed E-state index contributed by atoms with van der Waals surface area (Å²) in [6, 6.07) is 3.13. The third-order valence-corrected chi connectivity index (χ3v) is 6.13. The highest BCUT2D eigenvalue weighted by molar-refractivity contribution is 5.65. The fourth-order valence-electron chi connectivity index (χ4n) is 4.58. The van der Waals surface area contributed by atoms with E-state index in [1.807, 2.05) is 4.90 Å². The summed E-state index contributed by atoms with van der Waals surface area (Å²) in [5.74, 6) is -0.443. The molecular weight excluding hydrogens is 431 g/mol. The van der Waals surface area contributed by atoms with Crippen LogP contribution in [0.1, 0.15) is 12.8 Å². The predicted molar refractivity (Wildman–Crippen MR) is 108 cm³/mol. The van der Waals surface area contributed by atoms with E-state index in [0.717, 1.165) is 38.1 Å². The van der Waals surface area contributed by atoms with Crippen molar-refractivity contribution in [3.05, 3.63) is 28.6 Å². The number of aromatic nitrogens is 3. The number of benzene rings is 1. The van der Waals surface area contributed by atoms with Gasteiger partial charge in [0, 0.05) is 38.8 Å². The first-order valence-electron chi connectivity index (χ1n) is 10.3. The second-order valence-corrected chi connectivity index (χ2v) is 8.06. The van der Waals surface area contributed by atoms with E-state index in [4.69, 9.17) is 0 Å². The molecule has 32 heavy (non-hydrogen) atoms. The largest absolute Gasteiger partial charge is 0.573 e. The van der Waals surface area contributed by atoms with E-state index in [2.05, 4.69) is 19.8 Å². The maximum atomic E-state index is 13.1. The zero-order valence-electron chi connectivity index (χ0n) is 17.4. The number of nitrogens with zero attached hydrogens (tertiary/aromatic N) is 5. The number of aromatic hydroxyl groups is 1. The van der Waals surface area contributed by atoms with E-state index < -0.39 is 23.4 Å². The highest BCUT2D eigenvalue weighted by Gasteiger charge is 2.40. The zero-order chi connectivity index (χ0) is 23.0. The van der Waals surface area contributed by atoms with E-state index in [1.165, 1.54) is 17.7 Å². The molecule has 9 nitrogen and oxygen atoms in total. The minimum atomic E-state index is -4.89. The van der Waals surface area contributed by atoms with Gasteiger partial charge in [0.2, 0.25) is 5.82 Å². The number of phenols is 1. The smallest absolute Gasteiger partial charge is 0.507 e. The first kappa shape index (κ1) is 22.3. The Morgan fingerprint density at radius 2 is 1.97 bits per heavy atom. The molecule has 0 unspecified atom stereocenters. The van der Waals surface area contributed by atoms with Crippen molar-refractivity contribution >= 4 is 5.82 Å². The van der Waals surface area contributed by atoms with Crippen molar-refractivity contribution in [2.75, 3.05) is 37.7 Å². The zero-order valence-corrected chi connectivity index (χ0v) is 17.4. The lowest BCUT2D eigenvalue weighted by atomic mass is 9.92. The maximum Gasteiger partial charge on any atom is 0.573 e. The number of likely N-dealkylation sites (tertiary alicyclic amines) is 1. The molecule has 0 spiro atoms. The molecule has 2 aliphatic heterocycles. The average Bonchev–Trinajstić information content (AvgIpc) is 3.13. The third kappa shape index (κ3) is 4.37. The molecule has 12 heteroatoms. The van der Waals surface area contributed by atoms with E-state index in [9.17, 15) is 28.2 Å². The highest BCUT2D eigenvalue weighted by Crippen LogP contribution is 2.35. The van der Waals surface area contributed by atoms with E-state index in [0.29, 0.717) is 19.0 Å². The number of fused-ring (bicyclic) bond motifs is 1. The van der Waals surface area contributed by atoms with Crippen LogP contribution in [-0.2, 0) is 7.05 Å². The van der Waals surface area contributed by atoms with Crippen molar-refractivity contribution in [1.82, 2.24) is 19.7 Å². The quantitative estimate of drug-likeness (QED) is 0.696. The van der Waals surface area contributed by atoms with Crippen LogP contribution < -0.4 is 15.2 Å². The highest BCUT2D eigenvalue weighted by atomic mass is 19.4. The number of aliphatic hydroxyl groups excluding tert-OH is 1. The summed E-state index contributed by atoms with van der Waals surface area (Å²) >= 11 is 0. The van der Waals surface area contributed by atoms with Crippen LogP contribution in [0.2, 0.25) is 0 Å². The van der Waals surface area contributed by atoms with Gasteiger partial charge in [0.25, 0.3) is 5.56 Å². The fraction of sp³-hybridized carbons (Fsp3) is 0.550. The molecule has 0 saturated carbocycles. The first-order chi connectivity index (χ1) is 15.2. The van der Waals surface area contributed by atoms with Gasteiger partial charge in [0.1, 0.15) is 11.5 Å². The lowest BCUT2D eigenvalue weighted by Crippen LogP contribution is -2.50. The van der Waals surface area contributed by atoms with Crippen LogP contribution in [0.3, 0.4) is 0 Å². The number of halogens is 3. The Labute approximate surface area is 181 Å². The minimum absolute atomic E-state index is 0.0242. The molecule has 0 radical (unpaired) electrons. The van der Waals surface area contributed by atoms with E-state index in [1.54, 1.807) is 0 Å². The minimum Gasteiger partial charge on any atom is -0.507 e. The summed E-state index contributed by atoms with van der Waals surface area (Å²) < 4.78 is 42.2. The Bertz CT molecular complexity index is 1040. The molecule has 2 atom stereocenters. The third-order valence-electron chi connectivity index (χ3n) is 6.13. The normalized spacial score (nSPS) is 21.6. The van der Waals surface area contributed by atoms with Crippen molar-refractivity contribution in [2.24, 2.45) is 13.0 Å². The molecule has 4 rings (SSSR count). The van der Waals surface area contributed by atoms with Crippen LogP contribution in [0.4, 0.5) is 19.0 Å². The maximum absolute atomic E-state index is 13.1. The van der Waals surface area contributed by atoms with Gasteiger partial charge in [0.05, 0.1) is 12.2 Å². The molecular formula is C20H24F3N5O4. The first-order valence-corrected chi connectivity index (χ1v) is 10.3. The summed E-state index contributed by atoms with van der Waals surface area (Å²) in [7, 11) is 1.47.